The summed E-state index contributed by atoms with van der Waals surface area (Å²) < 4.78 is 37.7. The Balaban J connectivity index is 2.28. The van der Waals surface area contributed by atoms with Gasteiger partial charge in [-0.2, -0.15) is 0 Å². The van der Waals surface area contributed by atoms with Crippen molar-refractivity contribution in [2.45, 2.75) is 115 Å². The van der Waals surface area contributed by atoms with Crippen LogP contribution in [0.2, 0.25) is 0 Å². The zero-order valence-electron chi connectivity index (χ0n) is 31.1. The number of likely N-dealkylation sites (tertiary alicyclic amines) is 1. The van der Waals surface area contributed by atoms with Gasteiger partial charge in [-0.25, -0.2) is 8.42 Å². The molecule has 0 saturated carbocycles. The number of amides is 2. The van der Waals surface area contributed by atoms with E-state index in [4.69, 9.17) is 20.9 Å². The van der Waals surface area contributed by atoms with Crippen LogP contribution in [0.25, 0.3) is 0 Å². The third-order valence-electron chi connectivity index (χ3n) is 10.2. The number of methoxy groups -OCH3 is 2. The van der Waals surface area contributed by atoms with Gasteiger partial charge < -0.3 is 30.7 Å². The molecular formula is C36H60N4O8S. The average molecular weight is 709 g/mol. The van der Waals surface area contributed by atoms with Crippen LogP contribution in [0.3, 0.4) is 0 Å². The van der Waals surface area contributed by atoms with Gasteiger partial charge in [0.1, 0.15) is 5.75 Å². The van der Waals surface area contributed by atoms with Gasteiger partial charge in [-0.3, -0.25) is 19.2 Å². The summed E-state index contributed by atoms with van der Waals surface area (Å²) in [7, 11) is 0.774. The van der Waals surface area contributed by atoms with Gasteiger partial charge in [0.25, 0.3) is 0 Å². The van der Waals surface area contributed by atoms with Crippen LogP contribution in [0.15, 0.2) is 29.2 Å². The average Bonchev–Trinajstić information content (AvgIpc) is 3.51. The maximum absolute atomic E-state index is 14.0. The summed E-state index contributed by atoms with van der Waals surface area (Å²) in [6.07, 6.45) is 0.593. The first kappa shape index (κ1) is 42.3. The van der Waals surface area contributed by atoms with E-state index in [0.717, 1.165) is 0 Å². The van der Waals surface area contributed by atoms with Crippen LogP contribution in [-0.4, -0.2) is 105 Å². The lowest BCUT2D eigenvalue weighted by molar-refractivity contribution is -0.149. The third-order valence-corrected chi connectivity index (χ3v) is 11.8. The van der Waals surface area contributed by atoms with Crippen LogP contribution in [0, 0.1) is 23.7 Å². The number of nitrogens with zero attached hydrogens (tertiary/aromatic N) is 2. The van der Waals surface area contributed by atoms with E-state index in [1.54, 1.807) is 37.6 Å². The minimum absolute atomic E-state index is 0.00772. The Bertz CT molecular complexity index is 1390. The predicted molar refractivity (Wildman–Crippen MR) is 190 cm³/mol. The molecule has 0 spiro atoms. The molecule has 0 radical (unpaired) electrons. The van der Waals surface area contributed by atoms with E-state index in [2.05, 4.69) is 0 Å². The van der Waals surface area contributed by atoms with Crippen molar-refractivity contribution in [3.63, 3.8) is 0 Å². The van der Waals surface area contributed by atoms with Crippen LogP contribution in [-0.2, 0) is 38.5 Å². The van der Waals surface area contributed by atoms with Gasteiger partial charge in [0.2, 0.25) is 11.8 Å². The van der Waals surface area contributed by atoms with Gasteiger partial charge in [-0.15, -0.1) is 0 Å². The number of hydrogen-bond acceptors (Lipinski definition) is 10. The van der Waals surface area contributed by atoms with Gasteiger partial charge in [0, 0.05) is 51.8 Å². The highest BCUT2D eigenvalue weighted by atomic mass is 32.2. The largest absolute Gasteiger partial charge is 0.399 e. The number of hydrogen-bond donors (Lipinski definition) is 2. The fraction of sp³-hybridized carbons (Fsp3) is 0.722. The first-order chi connectivity index (χ1) is 22.7. The van der Waals surface area contributed by atoms with Crippen molar-refractivity contribution in [2.24, 2.45) is 29.4 Å². The number of nitrogens with two attached hydrogens (primary N) is 2. The molecule has 0 aromatic heterocycles. The Morgan fingerprint density at radius 1 is 1.02 bits per heavy atom. The van der Waals surface area contributed by atoms with Crippen LogP contribution in [0.1, 0.15) is 80.6 Å². The van der Waals surface area contributed by atoms with Crippen molar-refractivity contribution in [1.29, 1.82) is 0 Å². The van der Waals surface area contributed by atoms with Crippen LogP contribution in [0.4, 0.5) is 5.69 Å². The lowest BCUT2D eigenvalue weighted by atomic mass is 9.83. The fourth-order valence-electron chi connectivity index (χ4n) is 6.75. The molecule has 12 nitrogen and oxygen atoms in total. The molecule has 278 valence electrons. The number of ether oxygens (including phenoxy) is 2. The van der Waals surface area contributed by atoms with E-state index in [-0.39, 0.29) is 47.2 Å². The van der Waals surface area contributed by atoms with Gasteiger partial charge >= 0.3 is 0 Å². The first-order valence-corrected chi connectivity index (χ1v) is 18.9. The summed E-state index contributed by atoms with van der Waals surface area (Å²) in [5, 5.41) is 0. The highest BCUT2D eigenvalue weighted by Crippen LogP contribution is 2.31. The number of Topliss-reactive ketones (excluding diaryl/α,β-unsaturated/α-hetero) is 2. The summed E-state index contributed by atoms with van der Waals surface area (Å²) >= 11 is 0. The van der Waals surface area contributed by atoms with Gasteiger partial charge in [0.15, 0.2) is 21.4 Å². The first-order valence-electron chi connectivity index (χ1n) is 17.3. The maximum atomic E-state index is 14.0. The third kappa shape index (κ3) is 10.8. The molecule has 4 N–H and O–H groups in total. The molecule has 0 unspecified atom stereocenters. The number of nitrogen functional groups attached to an aromatic ring is 1. The molecule has 1 fully saturated rings. The van der Waals surface area contributed by atoms with E-state index in [0.29, 0.717) is 31.5 Å². The zero-order valence-corrected chi connectivity index (χ0v) is 31.9. The summed E-state index contributed by atoms with van der Waals surface area (Å²) in [5.74, 6) is -3.38. The molecule has 1 aromatic carbocycles. The smallest absolute Gasteiger partial charge is 0.226 e. The van der Waals surface area contributed by atoms with Crippen molar-refractivity contribution < 1.29 is 37.1 Å². The monoisotopic (exact) mass is 708 g/mol. The lowest BCUT2D eigenvalue weighted by Crippen LogP contribution is -2.54. The van der Waals surface area contributed by atoms with E-state index >= 15 is 0 Å². The maximum Gasteiger partial charge on any atom is 0.226 e. The summed E-state index contributed by atoms with van der Waals surface area (Å²) in [6.45, 7) is 13.2. The molecule has 0 bridgehead atoms. The Morgan fingerprint density at radius 3 is 2.10 bits per heavy atom. The van der Waals surface area contributed by atoms with Gasteiger partial charge in [-0.1, -0.05) is 41.0 Å². The van der Waals surface area contributed by atoms with E-state index in [1.807, 2.05) is 27.7 Å². The predicted octanol–water partition coefficient (Wildman–Crippen LogP) is 3.50. The molecule has 1 saturated heterocycles. The SMILES string of the molecule is CC[C@H](C)[C@@H]([C@@H](CC(=O)N1CCC[C@H]1[C@H](OC)[C@@H](C)C(=O)CS(=O)(=O)c1ccc(N)cc1)OC)N(C)C(=O)[C@@H](CC(=O)C(C)(C)N)C(C)C. The van der Waals surface area contributed by atoms with Crippen molar-refractivity contribution in [3.8, 4) is 0 Å². The van der Waals surface area contributed by atoms with Crippen LogP contribution >= 0.6 is 0 Å². The van der Waals surface area contributed by atoms with E-state index < -0.39 is 63.0 Å². The van der Waals surface area contributed by atoms with Crippen molar-refractivity contribution >= 4 is 38.9 Å². The second-order valence-corrected chi connectivity index (χ2v) is 16.6. The number of anilines is 1. The molecule has 1 aliphatic heterocycles. The van der Waals surface area contributed by atoms with Crippen LogP contribution in [0.5, 0.6) is 0 Å². The standard InChI is InChI=1S/C36H60N4O8S/c1-11-23(4)33(39(8)35(44)27(22(2)3)19-31(42)36(6,7)38)30(47-9)20-32(43)40-18-12-13-28(40)34(48-10)24(5)29(41)21-49(45,46)26-16-14-25(37)15-17-26/h14-17,22-24,27-28,30,33-34H,11-13,18-21,37-38H2,1-10H3/t23-,24-,27-,28-,30+,33-,34+/m0/s1. The molecule has 0 aliphatic carbocycles. The fourth-order valence-corrected chi connectivity index (χ4v) is 8.10. The number of ketones is 2. The quantitative estimate of drug-likeness (QED) is 0.202. The minimum Gasteiger partial charge on any atom is -0.399 e. The summed E-state index contributed by atoms with van der Waals surface area (Å²) in [6, 6.07) is 4.78. The molecule has 49 heavy (non-hydrogen) atoms. The van der Waals surface area contributed by atoms with Crippen molar-refractivity contribution in [3.05, 3.63) is 24.3 Å². The molecule has 2 rings (SSSR count). The van der Waals surface area contributed by atoms with E-state index in [9.17, 15) is 27.6 Å². The van der Waals surface area contributed by atoms with Gasteiger partial charge in [0.05, 0.1) is 41.1 Å². The Kier molecular flexibility index (Phi) is 15.4. The van der Waals surface area contributed by atoms with Crippen molar-refractivity contribution in [2.75, 3.05) is 39.3 Å². The number of likely N-dealkylation sites (N-methyl/N-ethyl adjacent to an activating group) is 1. The Hall–Kier alpha value is -2.87. The number of carbonyl (C=O) groups is 4. The summed E-state index contributed by atoms with van der Waals surface area (Å²) in [5.41, 5.74) is 11.1. The number of carbonyl (C=O) groups excluding carboxylic acids is 4. The Morgan fingerprint density at radius 2 is 1.61 bits per heavy atom. The van der Waals surface area contributed by atoms with Crippen LogP contribution < -0.4 is 11.5 Å². The minimum atomic E-state index is -3.91. The lowest BCUT2D eigenvalue weighted by Gasteiger charge is -2.41. The van der Waals surface area contributed by atoms with E-state index in [1.165, 1.54) is 38.5 Å². The summed E-state index contributed by atoms with van der Waals surface area (Å²) in [4.78, 5) is 57.6. The molecule has 1 aliphatic rings. The topological polar surface area (TPSA) is 179 Å². The highest BCUT2D eigenvalue weighted by Gasteiger charge is 2.43. The second-order valence-electron chi connectivity index (χ2n) is 14.6. The molecule has 13 heteroatoms. The number of benzene rings is 1. The Labute approximate surface area is 293 Å². The second kappa shape index (κ2) is 17.9. The molecule has 7 atom stereocenters. The van der Waals surface area contributed by atoms with Crippen molar-refractivity contribution in [1.82, 2.24) is 9.80 Å². The molecule has 1 heterocycles. The van der Waals surface area contributed by atoms with Gasteiger partial charge in [-0.05, 0) is 62.8 Å². The molecule has 1 aromatic rings. The highest BCUT2D eigenvalue weighted by molar-refractivity contribution is 7.92. The molecular weight excluding hydrogens is 648 g/mol. The zero-order chi connectivity index (χ0) is 37.4. The number of sulfone groups is 1. The number of rotatable bonds is 19. The molecule has 2 amide bonds. The normalized spacial score (nSPS) is 19.2.